The van der Waals surface area contributed by atoms with Crippen molar-refractivity contribution in [2.75, 3.05) is 52.9 Å². The summed E-state index contributed by atoms with van der Waals surface area (Å²) in [5, 5.41) is 2.96. The quantitative estimate of drug-likeness (QED) is 0.720. The van der Waals surface area contributed by atoms with Crippen molar-refractivity contribution in [2.24, 2.45) is 0 Å². The van der Waals surface area contributed by atoms with Crippen LogP contribution in [0.5, 0.6) is 0 Å². The smallest absolute Gasteiger partial charge is 0.289 e. The number of nitrogens with one attached hydrogen (secondary N) is 1. The first-order valence-corrected chi connectivity index (χ1v) is 11.2. The lowest BCUT2D eigenvalue weighted by Crippen LogP contribution is -2.47. The molecule has 3 aliphatic rings. The second kappa shape index (κ2) is 9.26. The third-order valence-corrected chi connectivity index (χ3v) is 6.62. The Kier molecular flexibility index (Phi) is 6.50. The summed E-state index contributed by atoms with van der Waals surface area (Å²) in [7, 11) is 1.76. The molecule has 1 aromatic rings. The van der Waals surface area contributed by atoms with Crippen LogP contribution in [0.15, 0.2) is 6.20 Å². The number of carbonyl (C=O) groups excluding carboxylic acids is 2. The maximum Gasteiger partial charge on any atom is 0.289 e. The predicted molar refractivity (Wildman–Crippen MR) is 111 cm³/mol. The van der Waals surface area contributed by atoms with Gasteiger partial charge in [-0.25, -0.2) is 4.98 Å². The fourth-order valence-electron chi connectivity index (χ4n) is 4.78. The highest BCUT2D eigenvalue weighted by molar-refractivity contribution is 5.96. The molecule has 8 nitrogen and oxygen atoms in total. The van der Waals surface area contributed by atoms with E-state index in [0.717, 1.165) is 19.0 Å². The van der Waals surface area contributed by atoms with Gasteiger partial charge in [0.05, 0.1) is 0 Å². The predicted octanol–water partition coefficient (Wildman–Crippen LogP) is 1.04. The summed E-state index contributed by atoms with van der Waals surface area (Å²) < 4.78 is 1.78. The van der Waals surface area contributed by atoms with Gasteiger partial charge in [-0.3, -0.25) is 9.59 Å². The second-order valence-corrected chi connectivity index (χ2v) is 8.65. The number of hydrogen-bond acceptors (Lipinski definition) is 5. The van der Waals surface area contributed by atoms with Gasteiger partial charge in [-0.05, 0) is 64.8 Å². The van der Waals surface area contributed by atoms with Crippen LogP contribution < -0.4 is 5.32 Å². The van der Waals surface area contributed by atoms with Crippen LogP contribution in [0.3, 0.4) is 0 Å². The molecule has 0 spiro atoms. The molecule has 8 heteroatoms. The largest absolute Gasteiger partial charge is 0.351 e. The molecule has 3 aliphatic heterocycles. The molecule has 1 aromatic heterocycles. The lowest BCUT2D eigenvalue weighted by Gasteiger charge is -2.40. The van der Waals surface area contributed by atoms with Gasteiger partial charge in [0.15, 0.2) is 5.82 Å². The van der Waals surface area contributed by atoms with E-state index in [9.17, 15) is 9.59 Å². The minimum atomic E-state index is -0.189. The Morgan fingerprint density at radius 3 is 2.62 bits per heavy atom. The van der Waals surface area contributed by atoms with Crippen LogP contribution in [0, 0.1) is 0 Å². The van der Waals surface area contributed by atoms with Crippen molar-refractivity contribution in [1.82, 2.24) is 29.6 Å². The van der Waals surface area contributed by atoms with Crippen molar-refractivity contribution in [3.05, 3.63) is 17.7 Å². The molecule has 4 rings (SSSR count). The normalized spacial score (nSPS) is 22.0. The zero-order valence-electron chi connectivity index (χ0n) is 17.6. The number of aromatic nitrogens is 2. The molecular formula is C21H34N6O2. The molecule has 2 amide bonds. The molecule has 2 saturated heterocycles. The second-order valence-electron chi connectivity index (χ2n) is 8.65. The van der Waals surface area contributed by atoms with E-state index in [1.807, 2.05) is 0 Å². The molecule has 0 atom stereocenters. The Hall–Kier alpha value is -1.93. The van der Waals surface area contributed by atoms with Gasteiger partial charge in [-0.2, -0.15) is 0 Å². The first-order chi connectivity index (χ1) is 14.1. The Bertz CT molecular complexity index is 719. The van der Waals surface area contributed by atoms with Crippen molar-refractivity contribution in [2.45, 2.75) is 51.1 Å². The van der Waals surface area contributed by atoms with Crippen molar-refractivity contribution < 1.29 is 9.59 Å². The van der Waals surface area contributed by atoms with E-state index in [1.165, 1.54) is 58.3 Å². The Labute approximate surface area is 173 Å². The molecule has 4 heterocycles. The van der Waals surface area contributed by atoms with Crippen LogP contribution in [0.4, 0.5) is 0 Å². The van der Waals surface area contributed by atoms with Crippen LogP contribution >= 0.6 is 0 Å². The van der Waals surface area contributed by atoms with Crippen LogP contribution in [0.2, 0.25) is 0 Å². The van der Waals surface area contributed by atoms with E-state index in [-0.39, 0.29) is 11.8 Å². The van der Waals surface area contributed by atoms with Gasteiger partial charge in [-0.1, -0.05) is 6.42 Å². The number of likely N-dealkylation sites (tertiary alicyclic amines) is 2. The number of hydrogen-bond donors (Lipinski definition) is 1. The highest BCUT2D eigenvalue weighted by Gasteiger charge is 2.27. The van der Waals surface area contributed by atoms with E-state index in [1.54, 1.807) is 22.7 Å². The van der Waals surface area contributed by atoms with Crippen LogP contribution in [-0.4, -0.2) is 95.0 Å². The minimum Gasteiger partial charge on any atom is -0.351 e. The van der Waals surface area contributed by atoms with E-state index in [0.29, 0.717) is 31.2 Å². The number of carbonyl (C=O) groups is 2. The molecule has 2 fully saturated rings. The van der Waals surface area contributed by atoms with Crippen LogP contribution in [-0.2, 0) is 6.54 Å². The van der Waals surface area contributed by atoms with Crippen molar-refractivity contribution in [3.63, 3.8) is 0 Å². The van der Waals surface area contributed by atoms with E-state index in [4.69, 9.17) is 0 Å². The highest BCUT2D eigenvalue weighted by Crippen LogP contribution is 2.20. The molecule has 0 bridgehead atoms. The van der Waals surface area contributed by atoms with Gasteiger partial charge in [0.1, 0.15) is 5.69 Å². The maximum atomic E-state index is 12.4. The zero-order valence-corrected chi connectivity index (χ0v) is 17.6. The first kappa shape index (κ1) is 20.3. The summed E-state index contributed by atoms with van der Waals surface area (Å²) in [6.45, 7) is 7.91. The minimum absolute atomic E-state index is 0.122. The number of amides is 2. The SMILES string of the molecule is CN1CCn2cc(C(=O)NCCCN3CCC(N4CCCCC4)CC3)nc2C1=O. The van der Waals surface area contributed by atoms with Gasteiger partial charge >= 0.3 is 0 Å². The number of imidazole rings is 1. The number of likely N-dealkylation sites (N-methyl/N-ethyl adjacent to an activating group) is 1. The van der Waals surface area contributed by atoms with E-state index < -0.39 is 0 Å². The van der Waals surface area contributed by atoms with Gasteiger partial charge < -0.3 is 24.6 Å². The molecule has 160 valence electrons. The molecule has 29 heavy (non-hydrogen) atoms. The topological polar surface area (TPSA) is 73.7 Å². The summed E-state index contributed by atoms with van der Waals surface area (Å²) in [4.78, 5) is 35.6. The molecule has 0 aromatic carbocycles. The Balaban J connectivity index is 1.15. The zero-order chi connectivity index (χ0) is 20.2. The van der Waals surface area contributed by atoms with Crippen molar-refractivity contribution in [1.29, 1.82) is 0 Å². The number of nitrogens with zero attached hydrogens (tertiary/aromatic N) is 5. The monoisotopic (exact) mass is 402 g/mol. The molecule has 1 N–H and O–H groups in total. The lowest BCUT2D eigenvalue weighted by atomic mass is 10.00. The Morgan fingerprint density at radius 2 is 1.86 bits per heavy atom. The first-order valence-electron chi connectivity index (χ1n) is 11.2. The maximum absolute atomic E-state index is 12.4. The number of fused-ring (bicyclic) bond motifs is 1. The van der Waals surface area contributed by atoms with Crippen molar-refractivity contribution >= 4 is 11.8 Å². The fraction of sp³-hybridized carbons (Fsp3) is 0.762. The standard InChI is InChI=1S/C21H34N6O2/c1-24-14-15-27-16-18(23-19(27)21(24)29)20(28)22-8-5-9-25-12-6-17(7-13-25)26-10-3-2-4-11-26/h16-17H,2-15H2,1H3,(H,22,28). The average Bonchev–Trinajstić information content (AvgIpc) is 3.20. The highest BCUT2D eigenvalue weighted by atomic mass is 16.2. The third-order valence-electron chi connectivity index (χ3n) is 6.62. The molecular weight excluding hydrogens is 368 g/mol. The lowest BCUT2D eigenvalue weighted by molar-refractivity contribution is 0.0741. The van der Waals surface area contributed by atoms with Gasteiger partial charge in [-0.15, -0.1) is 0 Å². The van der Waals surface area contributed by atoms with Crippen molar-refractivity contribution in [3.8, 4) is 0 Å². The van der Waals surface area contributed by atoms with E-state index >= 15 is 0 Å². The number of piperidine rings is 2. The Morgan fingerprint density at radius 1 is 1.10 bits per heavy atom. The van der Waals surface area contributed by atoms with Gasteiger partial charge in [0.25, 0.3) is 11.8 Å². The average molecular weight is 403 g/mol. The molecule has 0 unspecified atom stereocenters. The van der Waals surface area contributed by atoms with Crippen LogP contribution in [0.1, 0.15) is 59.6 Å². The molecule has 0 saturated carbocycles. The fourth-order valence-corrected chi connectivity index (χ4v) is 4.78. The summed E-state index contributed by atoms with van der Waals surface area (Å²) in [5.74, 6) is 0.0508. The molecule has 0 radical (unpaired) electrons. The summed E-state index contributed by atoms with van der Waals surface area (Å²) in [6.07, 6.45) is 9.31. The number of rotatable bonds is 6. The molecule has 0 aliphatic carbocycles. The summed E-state index contributed by atoms with van der Waals surface area (Å²) in [6, 6.07) is 0.778. The third kappa shape index (κ3) is 4.80. The summed E-state index contributed by atoms with van der Waals surface area (Å²) >= 11 is 0. The van der Waals surface area contributed by atoms with Gasteiger partial charge in [0, 0.05) is 38.9 Å². The van der Waals surface area contributed by atoms with E-state index in [2.05, 4.69) is 20.1 Å². The summed E-state index contributed by atoms with van der Waals surface area (Å²) in [5.41, 5.74) is 0.339. The van der Waals surface area contributed by atoms with Gasteiger partial charge in [0.2, 0.25) is 0 Å². The van der Waals surface area contributed by atoms with Crippen LogP contribution in [0.25, 0.3) is 0 Å².